The van der Waals surface area contributed by atoms with E-state index < -0.39 is 26.9 Å². The Morgan fingerprint density at radius 3 is 2.62 bits per heavy atom. The Kier molecular flexibility index (Phi) is 7.48. The summed E-state index contributed by atoms with van der Waals surface area (Å²) in [5.41, 5.74) is 2.56. The number of aryl methyl sites for hydroxylation is 1. The van der Waals surface area contributed by atoms with Gasteiger partial charge in [0, 0.05) is 17.8 Å². The van der Waals surface area contributed by atoms with Gasteiger partial charge in [0.05, 0.1) is 11.4 Å². The normalized spacial score (nSPS) is 12.0. The summed E-state index contributed by atoms with van der Waals surface area (Å²) in [6.07, 6.45) is 4.34. The molecule has 0 fully saturated rings. The number of nitrogens with one attached hydrogen (secondary N) is 1. The van der Waals surface area contributed by atoms with E-state index in [2.05, 4.69) is 26.8 Å². The molecule has 0 aliphatic heterocycles. The van der Waals surface area contributed by atoms with Crippen molar-refractivity contribution in [3.8, 4) is 11.4 Å². The molecule has 3 rings (SSSR count). The van der Waals surface area contributed by atoms with Crippen molar-refractivity contribution >= 4 is 62.1 Å². The van der Waals surface area contributed by atoms with Gasteiger partial charge in [-0.2, -0.15) is 0 Å². The Morgan fingerprint density at radius 1 is 1.28 bits per heavy atom. The second kappa shape index (κ2) is 9.45. The minimum atomic E-state index is -4.04. The molecule has 29 heavy (non-hydrogen) atoms. The molecule has 10 heteroatoms. The molecule has 0 radical (unpaired) electrons. The van der Waals surface area contributed by atoms with E-state index in [-0.39, 0.29) is 35.4 Å². The van der Waals surface area contributed by atoms with Crippen LogP contribution in [0.4, 0.5) is 5.82 Å². The van der Waals surface area contributed by atoms with Crippen molar-refractivity contribution in [2.24, 2.45) is 0 Å². The van der Waals surface area contributed by atoms with Crippen molar-refractivity contribution in [1.82, 2.24) is 15.0 Å². The minimum absolute atomic E-state index is 0. The van der Waals surface area contributed by atoms with Gasteiger partial charge >= 0.3 is 35.5 Å². The van der Waals surface area contributed by atoms with E-state index in [9.17, 15) is 13.2 Å². The summed E-state index contributed by atoms with van der Waals surface area (Å²) in [5, 5.41) is 11.1. The van der Waals surface area contributed by atoms with Crippen molar-refractivity contribution in [3.63, 3.8) is 0 Å². The van der Waals surface area contributed by atoms with E-state index >= 15 is 0 Å². The second-order valence-corrected chi connectivity index (χ2v) is 8.22. The van der Waals surface area contributed by atoms with Crippen LogP contribution in [0.5, 0.6) is 0 Å². The molecular weight excluding hydrogens is 403 g/mol. The maximum atomic E-state index is 12.3. The van der Waals surface area contributed by atoms with Crippen LogP contribution in [0.3, 0.4) is 0 Å². The predicted molar refractivity (Wildman–Crippen MR) is 114 cm³/mol. The third-order valence-electron chi connectivity index (χ3n) is 4.04. The van der Waals surface area contributed by atoms with Crippen molar-refractivity contribution in [3.05, 3.63) is 60.9 Å². The van der Waals surface area contributed by atoms with Gasteiger partial charge in [-0.05, 0) is 30.7 Å². The zero-order chi connectivity index (χ0) is 20.3. The SMILES string of the molecule is C=CC(Nc1nc(-c2ncccc2C)cc2cccnc12)S(=O)(=O)CC(=O)O.[NaH]. The number of fused-ring (bicyclic) bond motifs is 1. The van der Waals surface area contributed by atoms with E-state index in [1.54, 1.807) is 18.5 Å². The summed E-state index contributed by atoms with van der Waals surface area (Å²) < 4.78 is 24.7. The van der Waals surface area contributed by atoms with E-state index in [0.717, 1.165) is 17.0 Å². The van der Waals surface area contributed by atoms with Crippen LogP contribution < -0.4 is 5.32 Å². The van der Waals surface area contributed by atoms with E-state index in [4.69, 9.17) is 5.11 Å². The van der Waals surface area contributed by atoms with Crippen molar-refractivity contribution in [1.29, 1.82) is 0 Å². The molecule has 0 bridgehead atoms. The summed E-state index contributed by atoms with van der Waals surface area (Å²) in [6, 6.07) is 9.11. The molecule has 8 nitrogen and oxygen atoms in total. The first kappa shape index (κ1) is 23.0. The van der Waals surface area contributed by atoms with Crippen LogP contribution in [0.25, 0.3) is 22.3 Å². The van der Waals surface area contributed by atoms with Gasteiger partial charge < -0.3 is 10.4 Å². The summed E-state index contributed by atoms with van der Waals surface area (Å²) in [7, 11) is -4.04. The number of pyridine rings is 3. The summed E-state index contributed by atoms with van der Waals surface area (Å²) in [4.78, 5) is 24.1. The molecule has 0 aliphatic carbocycles. The van der Waals surface area contributed by atoms with E-state index in [1.807, 2.05) is 31.2 Å². The van der Waals surface area contributed by atoms with Crippen LogP contribution >= 0.6 is 0 Å². The van der Waals surface area contributed by atoms with Crippen LogP contribution in [0, 0.1) is 6.92 Å². The fourth-order valence-corrected chi connectivity index (χ4v) is 3.86. The Bertz CT molecular complexity index is 1170. The zero-order valence-electron chi connectivity index (χ0n) is 15.0. The summed E-state index contributed by atoms with van der Waals surface area (Å²) in [5.74, 6) is -2.26. The van der Waals surface area contributed by atoms with E-state index in [0.29, 0.717) is 16.9 Å². The number of aromatic nitrogens is 3. The van der Waals surface area contributed by atoms with Gasteiger partial charge in [0.2, 0.25) is 0 Å². The van der Waals surface area contributed by atoms with Crippen molar-refractivity contribution in [2.45, 2.75) is 12.3 Å². The molecule has 0 spiro atoms. The van der Waals surface area contributed by atoms with Gasteiger partial charge in [-0.25, -0.2) is 13.4 Å². The van der Waals surface area contributed by atoms with Crippen LogP contribution in [0.2, 0.25) is 0 Å². The van der Waals surface area contributed by atoms with Crippen molar-refractivity contribution < 1.29 is 18.3 Å². The van der Waals surface area contributed by atoms with Crippen LogP contribution in [0.1, 0.15) is 5.56 Å². The zero-order valence-corrected chi connectivity index (χ0v) is 15.8. The van der Waals surface area contributed by atoms with Gasteiger partial charge in [-0.1, -0.05) is 18.2 Å². The first-order chi connectivity index (χ1) is 13.3. The number of carbonyl (C=O) groups is 1. The second-order valence-electron chi connectivity index (χ2n) is 6.10. The fourth-order valence-electron chi connectivity index (χ4n) is 2.75. The molecule has 0 amide bonds. The Hall–Kier alpha value is -2.33. The third-order valence-corrected chi connectivity index (χ3v) is 5.78. The molecule has 3 aromatic rings. The number of aliphatic carboxylic acids is 1. The van der Waals surface area contributed by atoms with Gasteiger partial charge in [0.25, 0.3) is 0 Å². The Morgan fingerprint density at radius 2 is 1.97 bits per heavy atom. The van der Waals surface area contributed by atoms with Crippen molar-refractivity contribution in [2.75, 3.05) is 11.1 Å². The number of hydrogen-bond acceptors (Lipinski definition) is 7. The topological polar surface area (TPSA) is 122 Å². The number of nitrogens with zero attached hydrogens (tertiary/aromatic N) is 3. The average molecular weight is 422 g/mol. The summed E-state index contributed by atoms with van der Waals surface area (Å²) in [6.45, 7) is 5.41. The first-order valence-corrected chi connectivity index (χ1v) is 10.0. The molecule has 0 aromatic carbocycles. The van der Waals surface area contributed by atoms with E-state index in [1.165, 1.54) is 0 Å². The van der Waals surface area contributed by atoms with Gasteiger partial charge in [0.15, 0.2) is 15.7 Å². The molecule has 3 aromatic heterocycles. The van der Waals surface area contributed by atoms with Crippen LogP contribution in [-0.4, -0.2) is 75.1 Å². The molecule has 0 saturated carbocycles. The number of carboxylic acids is 1. The standard InChI is InChI=1S/C19H18N4O4S.Na.H/c1-3-15(28(26,27)11-16(24)25)23-19-18-13(7-5-9-21-18)10-14(22-19)17-12(2)6-4-8-20-17;;/h3-10,15H,1,11H2,2H3,(H,22,23)(H,24,25);;. The summed E-state index contributed by atoms with van der Waals surface area (Å²) >= 11 is 0. The number of rotatable bonds is 7. The molecule has 0 aliphatic rings. The van der Waals surface area contributed by atoms with Gasteiger partial charge in [-0.3, -0.25) is 14.8 Å². The number of sulfone groups is 1. The maximum absolute atomic E-state index is 12.3. The number of carboxylic acid groups (broad SMARTS) is 1. The predicted octanol–water partition coefficient (Wildman–Crippen LogP) is 1.78. The monoisotopic (exact) mass is 422 g/mol. The number of anilines is 1. The molecule has 2 N–H and O–H groups in total. The first-order valence-electron chi connectivity index (χ1n) is 8.32. The fraction of sp³-hybridized carbons (Fsp3) is 0.158. The Balaban J connectivity index is 0.00000300. The Labute approximate surface area is 190 Å². The molecule has 1 unspecified atom stereocenters. The molecular formula is C19H19N4NaO4S. The molecule has 0 saturated heterocycles. The quantitative estimate of drug-likeness (QED) is 0.436. The van der Waals surface area contributed by atoms with Crippen LogP contribution in [0.15, 0.2) is 55.4 Å². The van der Waals surface area contributed by atoms with Gasteiger partial charge in [-0.15, -0.1) is 6.58 Å². The molecule has 1 atom stereocenters. The average Bonchev–Trinajstić information content (AvgIpc) is 2.65. The molecule has 3 heterocycles. The number of hydrogen-bond donors (Lipinski definition) is 2. The van der Waals surface area contributed by atoms with Crippen LogP contribution in [-0.2, 0) is 14.6 Å². The molecule has 146 valence electrons. The van der Waals surface area contributed by atoms with Gasteiger partial charge in [0.1, 0.15) is 16.6 Å². The third kappa shape index (κ3) is 5.18.